The maximum absolute atomic E-state index is 11.4. The van der Waals surface area contributed by atoms with Gasteiger partial charge in [-0.2, -0.15) is 0 Å². The second-order valence-corrected chi connectivity index (χ2v) is 3.15. The van der Waals surface area contributed by atoms with Crippen LogP contribution < -0.4 is 5.73 Å². The standard InChI is InChI=1S/C8H14N2O3/c9-3-5-10-4-1-2-6(7(10)11)8(12)13/h6H,1-5,9H2,(H,12,13). The molecule has 3 N–H and O–H groups in total. The van der Waals surface area contributed by atoms with Crippen LogP contribution in [0.1, 0.15) is 12.8 Å². The van der Waals surface area contributed by atoms with Crippen LogP contribution in [-0.4, -0.2) is 41.5 Å². The predicted octanol–water partition coefficient (Wildman–Crippen LogP) is -0.732. The highest BCUT2D eigenvalue weighted by atomic mass is 16.4. The summed E-state index contributed by atoms with van der Waals surface area (Å²) in [6, 6.07) is 0. The van der Waals surface area contributed by atoms with Crippen molar-refractivity contribution < 1.29 is 14.7 Å². The summed E-state index contributed by atoms with van der Waals surface area (Å²) < 4.78 is 0. The molecule has 0 bridgehead atoms. The smallest absolute Gasteiger partial charge is 0.316 e. The lowest BCUT2D eigenvalue weighted by molar-refractivity contribution is -0.153. The van der Waals surface area contributed by atoms with Gasteiger partial charge in [-0.3, -0.25) is 9.59 Å². The Balaban J connectivity index is 2.60. The molecular weight excluding hydrogens is 172 g/mol. The minimum atomic E-state index is -1.02. The van der Waals surface area contributed by atoms with Gasteiger partial charge in [-0.05, 0) is 12.8 Å². The van der Waals surface area contributed by atoms with Crippen molar-refractivity contribution >= 4 is 11.9 Å². The molecular formula is C8H14N2O3. The number of amides is 1. The average molecular weight is 186 g/mol. The number of nitrogens with two attached hydrogens (primary N) is 1. The summed E-state index contributed by atoms with van der Waals surface area (Å²) in [7, 11) is 0. The zero-order valence-electron chi connectivity index (χ0n) is 7.40. The van der Waals surface area contributed by atoms with E-state index in [-0.39, 0.29) is 5.91 Å². The number of nitrogens with zero attached hydrogens (tertiary/aromatic N) is 1. The lowest BCUT2D eigenvalue weighted by Crippen LogP contribution is -2.46. The van der Waals surface area contributed by atoms with E-state index in [0.29, 0.717) is 26.1 Å². The molecule has 1 heterocycles. The van der Waals surface area contributed by atoms with E-state index in [9.17, 15) is 9.59 Å². The summed E-state index contributed by atoms with van der Waals surface area (Å²) in [5.41, 5.74) is 5.30. The molecule has 0 spiro atoms. The summed E-state index contributed by atoms with van der Waals surface area (Å²) in [5.74, 6) is -2.16. The summed E-state index contributed by atoms with van der Waals surface area (Å²) in [6.07, 6.45) is 1.21. The van der Waals surface area contributed by atoms with Crippen LogP contribution in [0.25, 0.3) is 0 Å². The molecule has 1 amide bonds. The summed E-state index contributed by atoms with van der Waals surface area (Å²) in [6.45, 7) is 1.49. The first-order valence-corrected chi connectivity index (χ1v) is 4.38. The molecule has 1 rings (SSSR count). The number of carbonyl (C=O) groups excluding carboxylic acids is 1. The van der Waals surface area contributed by atoms with Crippen molar-refractivity contribution in [3.63, 3.8) is 0 Å². The number of hydrogen-bond acceptors (Lipinski definition) is 3. The molecule has 5 nitrogen and oxygen atoms in total. The molecule has 0 aromatic rings. The van der Waals surface area contributed by atoms with Crippen LogP contribution in [0.5, 0.6) is 0 Å². The molecule has 1 aliphatic rings. The van der Waals surface area contributed by atoms with Gasteiger partial charge in [0.2, 0.25) is 5.91 Å². The van der Waals surface area contributed by atoms with Gasteiger partial charge in [0.25, 0.3) is 0 Å². The Morgan fingerprint density at radius 3 is 2.92 bits per heavy atom. The van der Waals surface area contributed by atoms with Crippen molar-refractivity contribution in [3.05, 3.63) is 0 Å². The lowest BCUT2D eigenvalue weighted by Gasteiger charge is -2.29. The van der Waals surface area contributed by atoms with Crippen LogP contribution >= 0.6 is 0 Å². The third kappa shape index (κ3) is 2.18. The minimum absolute atomic E-state index is 0.288. The summed E-state index contributed by atoms with van der Waals surface area (Å²) in [5, 5.41) is 8.72. The van der Waals surface area contributed by atoms with E-state index >= 15 is 0 Å². The molecule has 1 unspecified atom stereocenters. The first kappa shape index (κ1) is 9.98. The van der Waals surface area contributed by atoms with Crippen LogP contribution in [0, 0.1) is 5.92 Å². The van der Waals surface area contributed by atoms with E-state index in [2.05, 4.69) is 0 Å². The third-order valence-electron chi connectivity index (χ3n) is 2.23. The van der Waals surface area contributed by atoms with Gasteiger partial charge in [-0.25, -0.2) is 0 Å². The largest absolute Gasteiger partial charge is 0.481 e. The molecule has 1 fully saturated rings. The first-order valence-electron chi connectivity index (χ1n) is 4.38. The Labute approximate surface area is 76.5 Å². The van der Waals surface area contributed by atoms with E-state index in [1.165, 1.54) is 4.90 Å². The molecule has 1 atom stereocenters. The van der Waals surface area contributed by atoms with Crippen molar-refractivity contribution in [2.24, 2.45) is 11.7 Å². The van der Waals surface area contributed by atoms with Crippen molar-refractivity contribution in [2.75, 3.05) is 19.6 Å². The lowest BCUT2D eigenvalue weighted by atomic mass is 9.97. The molecule has 0 saturated carbocycles. The highest BCUT2D eigenvalue weighted by Crippen LogP contribution is 2.17. The topological polar surface area (TPSA) is 83.6 Å². The first-order chi connectivity index (χ1) is 6.16. The number of carboxylic acid groups (broad SMARTS) is 1. The van der Waals surface area contributed by atoms with Gasteiger partial charge in [0.05, 0.1) is 0 Å². The van der Waals surface area contributed by atoms with Gasteiger partial charge in [0.1, 0.15) is 5.92 Å². The monoisotopic (exact) mass is 186 g/mol. The fourth-order valence-electron chi connectivity index (χ4n) is 1.55. The number of hydrogen-bond donors (Lipinski definition) is 2. The molecule has 5 heteroatoms. The second-order valence-electron chi connectivity index (χ2n) is 3.15. The molecule has 0 radical (unpaired) electrons. The molecule has 1 saturated heterocycles. The van der Waals surface area contributed by atoms with Gasteiger partial charge >= 0.3 is 5.97 Å². The Morgan fingerprint density at radius 1 is 1.69 bits per heavy atom. The Kier molecular flexibility index (Phi) is 3.25. The van der Waals surface area contributed by atoms with Gasteiger partial charge < -0.3 is 15.7 Å². The zero-order chi connectivity index (χ0) is 9.84. The number of carboxylic acids is 1. The van der Waals surface area contributed by atoms with Crippen LogP contribution in [0.2, 0.25) is 0 Å². The second kappa shape index (κ2) is 4.23. The van der Waals surface area contributed by atoms with E-state index in [1.54, 1.807) is 0 Å². The molecule has 1 aliphatic heterocycles. The van der Waals surface area contributed by atoms with Crippen molar-refractivity contribution in [3.8, 4) is 0 Å². The Bertz CT molecular complexity index is 215. The van der Waals surface area contributed by atoms with Crippen molar-refractivity contribution in [1.82, 2.24) is 4.90 Å². The minimum Gasteiger partial charge on any atom is -0.481 e. The predicted molar refractivity (Wildman–Crippen MR) is 46.0 cm³/mol. The highest BCUT2D eigenvalue weighted by Gasteiger charge is 2.33. The van der Waals surface area contributed by atoms with Gasteiger partial charge in [-0.1, -0.05) is 0 Å². The van der Waals surface area contributed by atoms with Crippen LogP contribution in [0.3, 0.4) is 0 Å². The average Bonchev–Trinajstić information content (AvgIpc) is 2.08. The fraction of sp³-hybridized carbons (Fsp3) is 0.750. The van der Waals surface area contributed by atoms with Crippen molar-refractivity contribution in [1.29, 1.82) is 0 Å². The third-order valence-corrected chi connectivity index (χ3v) is 2.23. The number of likely N-dealkylation sites (tertiary alicyclic amines) is 1. The van der Waals surface area contributed by atoms with Gasteiger partial charge in [-0.15, -0.1) is 0 Å². The van der Waals surface area contributed by atoms with Crippen LogP contribution in [0.4, 0.5) is 0 Å². The molecule has 0 aliphatic carbocycles. The van der Waals surface area contributed by atoms with Gasteiger partial charge in [0, 0.05) is 19.6 Å². The maximum atomic E-state index is 11.4. The van der Waals surface area contributed by atoms with E-state index in [1.807, 2.05) is 0 Å². The van der Waals surface area contributed by atoms with Crippen LogP contribution in [-0.2, 0) is 9.59 Å². The Hall–Kier alpha value is -1.10. The van der Waals surface area contributed by atoms with E-state index in [0.717, 1.165) is 6.42 Å². The number of aliphatic carboxylic acids is 1. The summed E-state index contributed by atoms with van der Waals surface area (Å²) in [4.78, 5) is 23.6. The van der Waals surface area contributed by atoms with E-state index in [4.69, 9.17) is 10.8 Å². The van der Waals surface area contributed by atoms with Gasteiger partial charge in [0.15, 0.2) is 0 Å². The molecule has 0 aromatic heterocycles. The SMILES string of the molecule is NCCN1CCCC(C(=O)O)C1=O. The van der Waals surface area contributed by atoms with Crippen LogP contribution in [0.15, 0.2) is 0 Å². The normalized spacial score (nSPS) is 23.3. The zero-order valence-corrected chi connectivity index (χ0v) is 7.40. The highest BCUT2D eigenvalue weighted by molar-refractivity contribution is 5.97. The van der Waals surface area contributed by atoms with E-state index < -0.39 is 11.9 Å². The Morgan fingerprint density at radius 2 is 2.38 bits per heavy atom. The fourth-order valence-corrected chi connectivity index (χ4v) is 1.55. The molecule has 13 heavy (non-hydrogen) atoms. The van der Waals surface area contributed by atoms with Crippen molar-refractivity contribution in [2.45, 2.75) is 12.8 Å². The molecule has 74 valence electrons. The maximum Gasteiger partial charge on any atom is 0.316 e. The summed E-state index contributed by atoms with van der Waals surface area (Å²) >= 11 is 0. The molecule has 0 aromatic carbocycles. The number of carbonyl (C=O) groups is 2. The number of piperidine rings is 1. The quantitative estimate of drug-likeness (QED) is 0.569. The number of rotatable bonds is 3.